The predicted octanol–water partition coefficient (Wildman–Crippen LogP) is 16.6. The van der Waals surface area contributed by atoms with E-state index in [1.165, 1.54) is 98.2 Å². The lowest BCUT2D eigenvalue weighted by Crippen LogP contribution is -1.95. The number of furan rings is 1. The van der Waals surface area contributed by atoms with Gasteiger partial charge in [0, 0.05) is 43.7 Å². The molecule has 0 N–H and O–H groups in total. The van der Waals surface area contributed by atoms with Crippen molar-refractivity contribution in [3.63, 3.8) is 0 Å². The zero-order chi connectivity index (χ0) is 41.2. The Morgan fingerprint density at radius 2 is 0.683 bits per heavy atom. The van der Waals surface area contributed by atoms with E-state index >= 15 is 0 Å². The third-order valence-corrected chi connectivity index (χ3v) is 13.5. The Hall–Kier alpha value is -8.40. The molecule has 0 aliphatic heterocycles. The van der Waals surface area contributed by atoms with Crippen molar-refractivity contribution in [2.24, 2.45) is 0 Å². The van der Waals surface area contributed by atoms with Gasteiger partial charge in [-0.3, -0.25) is 0 Å². The Balaban J connectivity index is 0.919. The van der Waals surface area contributed by atoms with E-state index in [-0.39, 0.29) is 0 Å². The summed E-state index contributed by atoms with van der Waals surface area (Å²) < 4.78 is 11.0. The zero-order valence-electron chi connectivity index (χ0n) is 34.1. The summed E-state index contributed by atoms with van der Waals surface area (Å²) in [7, 11) is 0. The molecule has 0 saturated heterocycles. The van der Waals surface area contributed by atoms with E-state index in [1.807, 2.05) is 12.1 Å². The molecule has 0 aliphatic rings. The predicted molar refractivity (Wildman–Crippen MR) is 266 cm³/mol. The van der Waals surface area contributed by atoms with E-state index in [4.69, 9.17) is 4.42 Å². The van der Waals surface area contributed by atoms with Crippen molar-refractivity contribution < 1.29 is 4.42 Å². The number of rotatable bonds is 4. The first-order valence-corrected chi connectivity index (χ1v) is 21.7. The van der Waals surface area contributed by atoms with Crippen molar-refractivity contribution in [2.75, 3.05) is 0 Å². The molecule has 0 bridgehead atoms. The normalized spacial score (nSPS) is 12.1. The molecule has 3 heterocycles. The molecule has 0 amide bonds. The van der Waals surface area contributed by atoms with Gasteiger partial charge in [0.2, 0.25) is 0 Å². The molecule has 63 heavy (non-hydrogen) atoms. The minimum absolute atomic E-state index is 0.902. The van der Waals surface area contributed by atoms with Gasteiger partial charge in [-0.25, -0.2) is 0 Å². The van der Waals surface area contributed by atoms with Crippen LogP contribution in [0.4, 0.5) is 0 Å². The molecule has 14 rings (SSSR count). The zero-order valence-corrected chi connectivity index (χ0v) is 34.1. The molecular weight excluding hydrogens is 765 g/mol. The molecule has 0 atom stereocenters. The van der Waals surface area contributed by atoms with Crippen molar-refractivity contribution in [1.82, 2.24) is 9.13 Å². The van der Waals surface area contributed by atoms with Crippen LogP contribution in [0.3, 0.4) is 0 Å². The molecule has 3 aromatic heterocycles. The van der Waals surface area contributed by atoms with Crippen LogP contribution < -0.4 is 0 Å². The van der Waals surface area contributed by atoms with Crippen LogP contribution in [0.1, 0.15) is 0 Å². The number of benzene rings is 11. The van der Waals surface area contributed by atoms with Crippen LogP contribution in [0.2, 0.25) is 0 Å². The summed E-state index contributed by atoms with van der Waals surface area (Å²) in [6.07, 6.45) is 0. The highest BCUT2D eigenvalue weighted by atomic mass is 16.3. The van der Waals surface area contributed by atoms with Gasteiger partial charge in [-0.1, -0.05) is 146 Å². The molecule has 0 saturated carbocycles. The lowest BCUT2D eigenvalue weighted by Gasteiger charge is -2.14. The van der Waals surface area contributed by atoms with Crippen molar-refractivity contribution in [3.8, 4) is 33.6 Å². The molecule has 0 aliphatic carbocycles. The molecule has 292 valence electrons. The molecule has 0 spiro atoms. The number of hydrogen-bond donors (Lipinski definition) is 0. The van der Waals surface area contributed by atoms with Crippen LogP contribution in [0.5, 0.6) is 0 Å². The van der Waals surface area contributed by atoms with Crippen molar-refractivity contribution >= 4 is 97.9 Å². The monoisotopic (exact) mass is 800 g/mol. The first-order valence-electron chi connectivity index (χ1n) is 21.7. The summed E-state index contributed by atoms with van der Waals surface area (Å²) >= 11 is 0. The van der Waals surface area contributed by atoms with E-state index < -0.39 is 0 Å². The number of hydrogen-bond acceptors (Lipinski definition) is 1. The summed E-state index contributed by atoms with van der Waals surface area (Å²) in [6.45, 7) is 0. The average Bonchev–Trinajstić information content (AvgIpc) is 4.01. The van der Waals surface area contributed by atoms with Gasteiger partial charge in [0.15, 0.2) is 0 Å². The Labute approximate surface area is 361 Å². The summed E-state index contributed by atoms with van der Waals surface area (Å²) in [5, 5.41) is 14.9. The summed E-state index contributed by atoms with van der Waals surface area (Å²) in [4.78, 5) is 0. The minimum Gasteiger partial charge on any atom is -0.456 e. The van der Waals surface area contributed by atoms with Crippen molar-refractivity contribution in [2.45, 2.75) is 0 Å². The van der Waals surface area contributed by atoms with Gasteiger partial charge in [0.05, 0.1) is 22.1 Å². The highest BCUT2D eigenvalue weighted by Crippen LogP contribution is 2.41. The second kappa shape index (κ2) is 13.1. The Kier molecular flexibility index (Phi) is 7.11. The van der Waals surface area contributed by atoms with Gasteiger partial charge in [0.25, 0.3) is 0 Å². The van der Waals surface area contributed by atoms with E-state index in [0.717, 1.165) is 33.3 Å². The molecular formula is C60H36N2O. The quantitative estimate of drug-likeness (QED) is 0.163. The van der Waals surface area contributed by atoms with E-state index in [0.29, 0.717) is 0 Å². The lowest BCUT2D eigenvalue weighted by molar-refractivity contribution is 0.669. The molecule has 0 unspecified atom stereocenters. The van der Waals surface area contributed by atoms with Crippen LogP contribution >= 0.6 is 0 Å². The molecule has 0 radical (unpaired) electrons. The summed E-state index contributed by atoms with van der Waals surface area (Å²) in [6, 6.07) is 80.0. The number of aromatic nitrogens is 2. The maximum absolute atomic E-state index is 6.20. The molecule has 3 nitrogen and oxygen atoms in total. The number of fused-ring (bicyclic) bond motifs is 15. The Morgan fingerprint density at radius 1 is 0.222 bits per heavy atom. The van der Waals surface area contributed by atoms with Crippen molar-refractivity contribution in [3.05, 3.63) is 218 Å². The fourth-order valence-corrected chi connectivity index (χ4v) is 10.6. The molecule has 11 aromatic carbocycles. The average molecular weight is 801 g/mol. The number of nitrogens with zero attached hydrogens (tertiary/aromatic N) is 2. The summed E-state index contributed by atoms with van der Waals surface area (Å²) in [5.74, 6) is 0. The SMILES string of the molecule is c1cc(-c2ccc3c4ccccc4c4ccccc4c3c2)cc(-n2c3ccccc3c3ccc(-c4ccc5c(c4)c4ccccc4n5-c4ccc5oc6ccccc6c5c4)cc32)c1. The Morgan fingerprint density at radius 3 is 1.41 bits per heavy atom. The fourth-order valence-electron chi connectivity index (χ4n) is 10.6. The highest BCUT2D eigenvalue weighted by molar-refractivity contribution is 6.26. The molecule has 3 heteroatoms. The van der Waals surface area contributed by atoms with Crippen LogP contribution in [0.15, 0.2) is 223 Å². The summed E-state index contributed by atoms with van der Waals surface area (Å²) in [5.41, 5.74) is 13.6. The maximum Gasteiger partial charge on any atom is 0.135 e. The number of para-hydroxylation sites is 3. The second-order valence-electron chi connectivity index (χ2n) is 16.8. The van der Waals surface area contributed by atoms with Gasteiger partial charge < -0.3 is 13.6 Å². The van der Waals surface area contributed by atoms with Crippen LogP contribution in [0, 0.1) is 0 Å². The highest BCUT2D eigenvalue weighted by Gasteiger charge is 2.18. The topological polar surface area (TPSA) is 23.0 Å². The minimum atomic E-state index is 0.902. The van der Waals surface area contributed by atoms with Gasteiger partial charge in [0.1, 0.15) is 11.2 Å². The first kappa shape index (κ1) is 34.3. The third kappa shape index (κ3) is 5.02. The molecule has 14 aromatic rings. The van der Waals surface area contributed by atoms with Gasteiger partial charge in [-0.05, 0) is 127 Å². The van der Waals surface area contributed by atoms with Gasteiger partial charge in [-0.15, -0.1) is 0 Å². The van der Waals surface area contributed by atoms with Crippen molar-refractivity contribution in [1.29, 1.82) is 0 Å². The fraction of sp³-hybridized carbons (Fsp3) is 0. The first-order chi connectivity index (χ1) is 31.2. The van der Waals surface area contributed by atoms with E-state index in [1.54, 1.807) is 0 Å². The largest absolute Gasteiger partial charge is 0.456 e. The smallest absolute Gasteiger partial charge is 0.135 e. The Bertz CT molecular complexity index is 4180. The van der Waals surface area contributed by atoms with E-state index in [2.05, 4.69) is 215 Å². The van der Waals surface area contributed by atoms with Crippen LogP contribution in [0.25, 0.3) is 131 Å². The van der Waals surface area contributed by atoms with Gasteiger partial charge in [-0.2, -0.15) is 0 Å². The lowest BCUT2D eigenvalue weighted by atomic mass is 9.92. The maximum atomic E-state index is 6.20. The van der Waals surface area contributed by atoms with E-state index in [9.17, 15) is 0 Å². The van der Waals surface area contributed by atoms with Crippen LogP contribution in [-0.4, -0.2) is 9.13 Å². The molecule has 0 fully saturated rings. The van der Waals surface area contributed by atoms with Gasteiger partial charge >= 0.3 is 0 Å². The van der Waals surface area contributed by atoms with Crippen LogP contribution in [-0.2, 0) is 0 Å². The standard InChI is InChI=1S/C60H36N2O/c1-2-16-45-43(14-1)44-15-3-4-17-46(44)52-33-38(24-28-47(45)52)37-12-11-13-41(32-37)62-55-21-8-5-18-48(55)50-29-25-40(35-58(50)62)39-26-30-57-53(34-39)49-19-6-9-22-56(49)61(57)42-27-31-60-54(36-42)51-20-7-10-23-59(51)63-60/h1-36H. The second-order valence-corrected chi connectivity index (χ2v) is 16.8. The third-order valence-electron chi connectivity index (χ3n) is 13.5.